The van der Waals surface area contributed by atoms with E-state index >= 15 is 0 Å². The van der Waals surface area contributed by atoms with Gasteiger partial charge in [0.15, 0.2) is 0 Å². The third-order valence-electron chi connectivity index (χ3n) is 4.13. The highest BCUT2D eigenvalue weighted by Gasteiger charge is 2.42. The minimum atomic E-state index is -0.779. The van der Waals surface area contributed by atoms with E-state index in [1.54, 1.807) is 6.92 Å². The maximum absolute atomic E-state index is 12.1. The number of nitrogens with zero attached hydrogens (tertiary/aromatic N) is 3. The topological polar surface area (TPSA) is 91.8 Å². The molecule has 1 heterocycles. The zero-order valence-corrected chi connectivity index (χ0v) is 14.4. The molecule has 0 unspecified atom stereocenters. The Bertz CT molecular complexity index is 794. The highest BCUT2D eigenvalue weighted by molar-refractivity contribution is 7.99. The lowest BCUT2D eigenvalue weighted by atomic mass is 9.98. The summed E-state index contributed by atoms with van der Waals surface area (Å²) in [6.45, 7) is 3.75. The van der Waals surface area contributed by atoms with Crippen LogP contribution in [0.15, 0.2) is 33.9 Å². The number of nitriles is 1. The lowest BCUT2D eigenvalue weighted by Gasteiger charge is -2.22. The molecule has 1 atom stereocenters. The molecule has 1 N–H and O–H groups in total. The Hall–Kier alpha value is -2.33. The number of hydrogen-bond acceptors (Lipinski definition) is 6. The summed E-state index contributed by atoms with van der Waals surface area (Å²) in [7, 11) is 0. The molecule has 1 amide bonds. The van der Waals surface area contributed by atoms with E-state index in [1.165, 1.54) is 11.8 Å². The molecule has 0 saturated heterocycles. The molecule has 3 rings (SSSR count). The van der Waals surface area contributed by atoms with Crippen LogP contribution in [0.4, 0.5) is 0 Å². The normalized spacial score (nSPS) is 16.2. The monoisotopic (exact) mass is 342 g/mol. The summed E-state index contributed by atoms with van der Waals surface area (Å²) in [4.78, 5) is 12.1. The highest BCUT2D eigenvalue weighted by atomic mass is 32.2. The Kier molecular flexibility index (Phi) is 4.58. The van der Waals surface area contributed by atoms with E-state index in [2.05, 4.69) is 21.6 Å². The highest BCUT2D eigenvalue weighted by Crippen LogP contribution is 2.39. The fourth-order valence-corrected chi connectivity index (χ4v) is 3.09. The van der Waals surface area contributed by atoms with Crippen LogP contribution in [-0.2, 0) is 4.79 Å². The quantitative estimate of drug-likeness (QED) is 0.812. The largest absolute Gasteiger partial charge is 0.411 e. The van der Waals surface area contributed by atoms with Crippen molar-refractivity contribution in [3.63, 3.8) is 0 Å². The fourth-order valence-electron chi connectivity index (χ4n) is 2.52. The van der Waals surface area contributed by atoms with Crippen molar-refractivity contribution in [2.24, 2.45) is 5.92 Å². The van der Waals surface area contributed by atoms with Gasteiger partial charge >= 0.3 is 0 Å². The Balaban J connectivity index is 1.59. The van der Waals surface area contributed by atoms with Crippen LogP contribution in [0.5, 0.6) is 0 Å². The summed E-state index contributed by atoms with van der Waals surface area (Å²) >= 11 is 1.17. The zero-order chi connectivity index (χ0) is 17.2. The van der Waals surface area contributed by atoms with Crippen molar-refractivity contribution in [3.05, 3.63) is 29.8 Å². The van der Waals surface area contributed by atoms with Crippen LogP contribution < -0.4 is 5.32 Å². The molecular weight excluding hydrogens is 324 g/mol. The molecule has 1 fully saturated rings. The Morgan fingerprint density at radius 3 is 2.88 bits per heavy atom. The van der Waals surface area contributed by atoms with Gasteiger partial charge in [-0.3, -0.25) is 4.79 Å². The third kappa shape index (κ3) is 3.60. The molecule has 1 aliphatic carbocycles. The van der Waals surface area contributed by atoms with E-state index < -0.39 is 5.54 Å². The molecule has 0 bridgehead atoms. The minimum absolute atomic E-state index is 0.138. The second kappa shape index (κ2) is 6.65. The third-order valence-corrected chi connectivity index (χ3v) is 4.95. The van der Waals surface area contributed by atoms with Gasteiger partial charge in [-0.15, -0.1) is 10.2 Å². The molecule has 2 aromatic rings. The summed E-state index contributed by atoms with van der Waals surface area (Å²) in [5.74, 6) is 0.634. The van der Waals surface area contributed by atoms with Gasteiger partial charge in [0, 0.05) is 5.56 Å². The Labute approximate surface area is 144 Å². The molecule has 7 heteroatoms. The predicted molar refractivity (Wildman–Crippen MR) is 90.1 cm³/mol. The first-order chi connectivity index (χ1) is 11.5. The van der Waals surface area contributed by atoms with Crippen molar-refractivity contribution < 1.29 is 9.21 Å². The van der Waals surface area contributed by atoms with Crippen molar-refractivity contribution in [2.45, 2.75) is 37.5 Å². The first-order valence-corrected chi connectivity index (χ1v) is 8.75. The number of rotatable bonds is 6. The SMILES string of the molecule is Cc1ccccc1-c1nnc(SCC(=O)N[C@](C)(C#N)C2CC2)o1. The van der Waals surface area contributed by atoms with Crippen molar-refractivity contribution in [1.29, 1.82) is 5.26 Å². The van der Waals surface area contributed by atoms with Gasteiger partial charge in [-0.1, -0.05) is 30.0 Å². The Morgan fingerprint density at radius 2 is 2.21 bits per heavy atom. The summed E-state index contributed by atoms with van der Waals surface area (Å²) < 4.78 is 5.61. The average Bonchev–Trinajstić information content (AvgIpc) is 3.33. The van der Waals surface area contributed by atoms with Crippen LogP contribution in [0.1, 0.15) is 25.3 Å². The minimum Gasteiger partial charge on any atom is -0.411 e. The van der Waals surface area contributed by atoms with E-state index in [0.29, 0.717) is 11.1 Å². The second-order valence-corrected chi connectivity index (χ2v) is 7.04. The van der Waals surface area contributed by atoms with Gasteiger partial charge in [0.1, 0.15) is 5.54 Å². The van der Waals surface area contributed by atoms with Gasteiger partial charge in [0.25, 0.3) is 5.22 Å². The van der Waals surface area contributed by atoms with Crippen LogP contribution in [0.2, 0.25) is 0 Å². The van der Waals surface area contributed by atoms with Crippen LogP contribution in [0.25, 0.3) is 11.5 Å². The lowest BCUT2D eigenvalue weighted by Crippen LogP contribution is -2.47. The number of carbonyl (C=O) groups excluding carboxylic acids is 1. The van der Waals surface area contributed by atoms with Crippen molar-refractivity contribution >= 4 is 17.7 Å². The molecule has 24 heavy (non-hydrogen) atoms. The molecule has 0 aliphatic heterocycles. The lowest BCUT2D eigenvalue weighted by molar-refractivity contribution is -0.119. The number of thioether (sulfide) groups is 1. The van der Waals surface area contributed by atoms with Crippen LogP contribution in [0, 0.1) is 24.2 Å². The molecule has 1 aromatic heterocycles. The number of nitrogens with one attached hydrogen (secondary N) is 1. The number of aryl methyl sites for hydroxylation is 1. The summed E-state index contributed by atoms with van der Waals surface area (Å²) in [6.07, 6.45) is 1.97. The molecule has 6 nitrogen and oxygen atoms in total. The second-order valence-electron chi connectivity index (χ2n) is 6.11. The van der Waals surface area contributed by atoms with Gasteiger partial charge in [-0.25, -0.2) is 0 Å². The molecule has 1 aliphatic rings. The molecule has 1 saturated carbocycles. The molecular formula is C17H18N4O2S. The van der Waals surface area contributed by atoms with Gasteiger partial charge in [-0.2, -0.15) is 5.26 Å². The smallest absolute Gasteiger partial charge is 0.277 e. The predicted octanol–water partition coefficient (Wildman–Crippen LogP) is 2.95. The molecule has 0 spiro atoms. The number of amides is 1. The number of benzene rings is 1. The number of carbonyl (C=O) groups is 1. The number of hydrogen-bond donors (Lipinski definition) is 1. The van der Waals surface area contributed by atoms with Crippen LogP contribution in [-0.4, -0.2) is 27.4 Å². The van der Waals surface area contributed by atoms with Gasteiger partial charge < -0.3 is 9.73 Å². The maximum Gasteiger partial charge on any atom is 0.277 e. The molecule has 1 aromatic carbocycles. The molecule has 124 valence electrons. The maximum atomic E-state index is 12.1. The first kappa shape index (κ1) is 16.5. The van der Waals surface area contributed by atoms with E-state index in [1.807, 2.05) is 31.2 Å². The van der Waals surface area contributed by atoms with Crippen LogP contribution >= 0.6 is 11.8 Å². The van der Waals surface area contributed by atoms with E-state index in [-0.39, 0.29) is 17.6 Å². The van der Waals surface area contributed by atoms with Crippen molar-refractivity contribution in [2.75, 3.05) is 5.75 Å². The fraction of sp³-hybridized carbons (Fsp3) is 0.412. The van der Waals surface area contributed by atoms with Gasteiger partial charge in [0.05, 0.1) is 11.8 Å². The molecule has 0 radical (unpaired) electrons. The summed E-state index contributed by atoms with van der Waals surface area (Å²) in [5.41, 5.74) is 1.15. The van der Waals surface area contributed by atoms with Gasteiger partial charge in [-0.05, 0) is 44.2 Å². The van der Waals surface area contributed by atoms with E-state index in [9.17, 15) is 10.1 Å². The average molecular weight is 342 g/mol. The van der Waals surface area contributed by atoms with Crippen LogP contribution in [0.3, 0.4) is 0 Å². The standard InChI is InChI=1S/C17H18N4O2S/c1-11-5-3-4-6-13(11)15-20-21-16(23-15)24-9-14(22)19-17(2,10-18)12-7-8-12/h3-6,12H,7-9H2,1-2H3,(H,19,22)/t17-/m1/s1. The number of aromatic nitrogens is 2. The van der Waals surface area contributed by atoms with Crippen molar-refractivity contribution in [1.82, 2.24) is 15.5 Å². The van der Waals surface area contributed by atoms with E-state index in [0.717, 1.165) is 24.0 Å². The van der Waals surface area contributed by atoms with Crippen molar-refractivity contribution in [3.8, 4) is 17.5 Å². The van der Waals surface area contributed by atoms with E-state index in [4.69, 9.17) is 4.42 Å². The van der Waals surface area contributed by atoms with Gasteiger partial charge in [0.2, 0.25) is 11.8 Å². The summed E-state index contributed by atoms with van der Waals surface area (Å²) in [6, 6.07) is 9.95. The first-order valence-electron chi connectivity index (χ1n) is 7.76. The zero-order valence-electron chi connectivity index (χ0n) is 13.6. The Morgan fingerprint density at radius 1 is 1.46 bits per heavy atom. The summed E-state index contributed by atoms with van der Waals surface area (Å²) in [5, 5.41) is 20.4.